The first kappa shape index (κ1) is 20.4. The van der Waals surface area contributed by atoms with Gasteiger partial charge >= 0.3 is 0 Å². The van der Waals surface area contributed by atoms with E-state index in [0.29, 0.717) is 22.1 Å². The predicted octanol–water partition coefficient (Wildman–Crippen LogP) is 4.29. The van der Waals surface area contributed by atoms with Crippen molar-refractivity contribution in [3.8, 4) is 11.3 Å². The van der Waals surface area contributed by atoms with E-state index in [4.69, 9.17) is 28.2 Å². The number of thiocarbonyl (C=S) groups is 1. The Morgan fingerprint density at radius 2 is 1.80 bits per heavy atom. The van der Waals surface area contributed by atoms with Gasteiger partial charge in [-0.15, -0.1) is 0 Å². The number of halogens is 1. The van der Waals surface area contributed by atoms with Gasteiger partial charge < -0.3 is 14.3 Å². The molecule has 2 aromatic carbocycles. The van der Waals surface area contributed by atoms with Crippen LogP contribution in [-0.2, 0) is 9.59 Å². The lowest BCUT2D eigenvalue weighted by molar-refractivity contribution is -0.310. The van der Waals surface area contributed by atoms with Gasteiger partial charge in [-0.1, -0.05) is 78.0 Å². The molecule has 1 aliphatic heterocycles. The fourth-order valence-corrected chi connectivity index (χ4v) is 4.62. The highest BCUT2D eigenvalue weighted by atomic mass is 35.5. The number of carbonyl (C=O) groups is 2. The Bertz CT molecular complexity index is 1170. The Kier molecular flexibility index (Phi) is 5.76. The third-order valence-electron chi connectivity index (χ3n) is 4.46. The van der Waals surface area contributed by atoms with Crippen LogP contribution in [0.5, 0.6) is 0 Å². The Morgan fingerprint density at radius 1 is 1.10 bits per heavy atom. The van der Waals surface area contributed by atoms with E-state index < -0.39 is 17.9 Å². The number of furan rings is 1. The molecule has 2 heterocycles. The molecule has 1 amide bonds. The number of hydrogen-bond acceptors (Lipinski definition) is 6. The van der Waals surface area contributed by atoms with Gasteiger partial charge in [0.2, 0.25) is 0 Å². The normalized spacial score (nSPS) is 16.3. The van der Waals surface area contributed by atoms with Crippen molar-refractivity contribution in [1.29, 1.82) is 0 Å². The first-order chi connectivity index (χ1) is 14.5. The van der Waals surface area contributed by atoms with Gasteiger partial charge in [-0.3, -0.25) is 9.69 Å². The van der Waals surface area contributed by atoms with E-state index >= 15 is 0 Å². The lowest BCUT2D eigenvalue weighted by atomic mass is 10.1. The molecular weight excluding hydrogens is 442 g/mol. The number of carbonyl (C=O) groups excluding carboxylic acids is 2. The lowest BCUT2D eigenvalue weighted by Gasteiger charge is -2.27. The summed E-state index contributed by atoms with van der Waals surface area (Å²) in [5, 5.41) is 12.4. The molecule has 1 aromatic heterocycles. The molecule has 150 valence electrons. The SMILES string of the molecule is O=C([O-])C(c1ccccc1)N1C(=O)C(=Cc2ccc(-c3ccccc3Cl)o2)SC1=S. The van der Waals surface area contributed by atoms with Crippen molar-refractivity contribution in [2.24, 2.45) is 0 Å². The zero-order valence-electron chi connectivity index (χ0n) is 15.3. The number of thioether (sulfide) groups is 1. The summed E-state index contributed by atoms with van der Waals surface area (Å²) in [6, 6.07) is 17.8. The van der Waals surface area contributed by atoms with Crippen LogP contribution in [-0.4, -0.2) is 21.1 Å². The molecule has 0 spiro atoms. The molecule has 1 aliphatic rings. The second kappa shape index (κ2) is 8.47. The zero-order valence-corrected chi connectivity index (χ0v) is 17.7. The Morgan fingerprint density at radius 3 is 2.50 bits per heavy atom. The summed E-state index contributed by atoms with van der Waals surface area (Å²) in [6.45, 7) is 0. The highest BCUT2D eigenvalue weighted by molar-refractivity contribution is 8.26. The van der Waals surface area contributed by atoms with Crippen LogP contribution in [0, 0.1) is 0 Å². The largest absolute Gasteiger partial charge is 0.547 e. The smallest absolute Gasteiger partial charge is 0.267 e. The number of aliphatic carboxylic acids is 1. The minimum absolute atomic E-state index is 0.141. The number of rotatable bonds is 5. The molecule has 0 aliphatic carbocycles. The quantitative estimate of drug-likeness (QED) is 0.423. The molecule has 0 bridgehead atoms. The van der Waals surface area contributed by atoms with Crippen LogP contribution in [0.25, 0.3) is 17.4 Å². The number of amides is 1. The van der Waals surface area contributed by atoms with E-state index in [0.717, 1.165) is 22.2 Å². The van der Waals surface area contributed by atoms with Crippen molar-refractivity contribution in [2.45, 2.75) is 6.04 Å². The van der Waals surface area contributed by atoms with E-state index in [1.54, 1.807) is 48.5 Å². The topological polar surface area (TPSA) is 73.6 Å². The number of carboxylic acid groups (broad SMARTS) is 1. The van der Waals surface area contributed by atoms with E-state index in [1.807, 2.05) is 18.2 Å². The first-order valence-corrected chi connectivity index (χ1v) is 10.4. The Labute approximate surface area is 186 Å². The van der Waals surface area contributed by atoms with Crippen molar-refractivity contribution in [3.63, 3.8) is 0 Å². The van der Waals surface area contributed by atoms with Gasteiger partial charge in [-0.25, -0.2) is 0 Å². The van der Waals surface area contributed by atoms with Crippen LogP contribution in [0.15, 0.2) is 76.1 Å². The average molecular weight is 455 g/mol. The third-order valence-corrected chi connectivity index (χ3v) is 6.12. The fourth-order valence-electron chi connectivity index (χ4n) is 3.09. The second-order valence-corrected chi connectivity index (χ2v) is 8.45. The second-order valence-electron chi connectivity index (χ2n) is 6.37. The molecule has 0 radical (unpaired) electrons. The molecule has 1 unspecified atom stereocenters. The third kappa shape index (κ3) is 3.92. The number of nitrogens with zero attached hydrogens (tertiary/aromatic N) is 1. The zero-order chi connectivity index (χ0) is 21.3. The standard InChI is InChI=1S/C22H14ClNO4S2/c23-16-9-5-4-8-15(16)17-11-10-14(28-17)12-18-20(25)24(22(29)30-18)19(21(26)27)13-6-2-1-3-7-13/h1-12,19H,(H,26,27)/p-1. The molecule has 0 saturated carbocycles. The summed E-state index contributed by atoms with van der Waals surface area (Å²) in [6.07, 6.45) is 1.54. The maximum Gasteiger partial charge on any atom is 0.267 e. The first-order valence-electron chi connectivity index (χ1n) is 8.83. The molecule has 8 heteroatoms. The van der Waals surface area contributed by atoms with Gasteiger partial charge in [0.05, 0.1) is 15.9 Å². The minimum atomic E-state index is -1.40. The molecule has 3 aromatic rings. The molecule has 5 nitrogen and oxygen atoms in total. The van der Waals surface area contributed by atoms with Crippen LogP contribution in [0.1, 0.15) is 17.4 Å². The molecule has 1 saturated heterocycles. The number of benzene rings is 2. The maximum absolute atomic E-state index is 13.0. The van der Waals surface area contributed by atoms with Crippen LogP contribution in [0.2, 0.25) is 5.02 Å². The molecule has 1 atom stereocenters. The van der Waals surface area contributed by atoms with Crippen LogP contribution in [0.4, 0.5) is 0 Å². The van der Waals surface area contributed by atoms with Crippen LogP contribution in [0.3, 0.4) is 0 Å². The van der Waals surface area contributed by atoms with Crippen LogP contribution >= 0.6 is 35.6 Å². The monoisotopic (exact) mass is 454 g/mol. The lowest BCUT2D eigenvalue weighted by Crippen LogP contribution is -2.43. The summed E-state index contributed by atoms with van der Waals surface area (Å²) < 4.78 is 5.95. The van der Waals surface area contributed by atoms with E-state index in [-0.39, 0.29) is 9.23 Å². The number of hydrogen-bond donors (Lipinski definition) is 0. The van der Waals surface area contributed by atoms with Crippen molar-refractivity contribution in [1.82, 2.24) is 4.90 Å². The molecule has 0 N–H and O–H groups in total. The van der Waals surface area contributed by atoms with Gasteiger partial charge in [0.25, 0.3) is 5.91 Å². The fraction of sp³-hybridized carbons (Fsp3) is 0.0455. The summed E-state index contributed by atoms with van der Waals surface area (Å²) >= 11 is 12.5. The minimum Gasteiger partial charge on any atom is -0.547 e. The Hall–Kier alpha value is -2.87. The predicted molar refractivity (Wildman–Crippen MR) is 118 cm³/mol. The molecule has 4 rings (SSSR count). The van der Waals surface area contributed by atoms with E-state index in [1.165, 1.54) is 6.08 Å². The highest BCUT2D eigenvalue weighted by Crippen LogP contribution is 2.39. The van der Waals surface area contributed by atoms with Crippen LogP contribution < -0.4 is 5.11 Å². The molecular formula is C22H13ClNO4S2-. The van der Waals surface area contributed by atoms with Gasteiger partial charge in [-0.2, -0.15) is 0 Å². The van der Waals surface area contributed by atoms with Gasteiger partial charge in [0, 0.05) is 11.6 Å². The van der Waals surface area contributed by atoms with Crippen molar-refractivity contribution in [2.75, 3.05) is 0 Å². The van der Waals surface area contributed by atoms with E-state index in [9.17, 15) is 14.7 Å². The molecule has 30 heavy (non-hydrogen) atoms. The van der Waals surface area contributed by atoms with E-state index in [2.05, 4.69) is 0 Å². The van der Waals surface area contributed by atoms with Crippen molar-refractivity contribution in [3.05, 3.63) is 88.0 Å². The Balaban J connectivity index is 1.64. The van der Waals surface area contributed by atoms with Gasteiger partial charge in [-0.05, 0) is 29.8 Å². The van der Waals surface area contributed by atoms with Gasteiger partial charge in [0.1, 0.15) is 21.9 Å². The average Bonchev–Trinajstić information content (AvgIpc) is 3.29. The maximum atomic E-state index is 13.0. The highest BCUT2D eigenvalue weighted by Gasteiger charge is 2.38. The van der Waals surface area contributed by atoms with Gasteiger partial charge in [0.15, 0.2) is 0 Å². The van der Waals surface area contributed by atoms with Crippen molar-refractivity contribution < 1.29 is 19.1 Å². The van der Waals surface area contributed by atoms with Crippen molar-refractivity contribution >= 4 is 57.9 Å². The summed E-state index contributed by atoms with van der Waals surface area (Å²) in [4.78, 5) is 26.1. The summed E-state index contributed by atoms with van der Waals surface area (Å²) in [5.41, 5.74) is 1.14. The molecule has 1 fully saturated rings. The summed E-state index contributed by atoms with van der Waals surface area (Å²) in [5.74, 6) is -0.939. The summed E-state index contributed by atoms with van der Waals surface area (Å²) in [7, 11) is 0. The number of carboxylic acids is 1.